The average Bonchev–Trinajstić information content (AvgIpc) is 3.46. The van der Waals surface area contributed by atoms with Gasteiger partial charge in [0.05, 0.1) is 11.1 Å². The van der Waals surface area contributed by atoms with Gasteiger partial charge in [-0.1, -0.05) is 37.3 Å². The van der Waals surface area contributed by atoms with Gasteiger partial charge in [0.15, 0.2) is 5.82 Å². The topological polar surface area (TPSA) is 79.7 Å². The van der Waals surface area contributed by atoms with Gasteiger partial charge in [-0.25, -0.2) is 4.68 Å². The first-order valence-electron chi connectivity index (χ1n) is 11.6. The summed E-state index contributed by atoms with van der Waals surface area (Å²) < 4.78 is 1.89. The van der Waals surface area contributed by atoms with E-state index < -0.39 is 6.04 Å². The molecule has 1 aliphatic heterocycles. The third-order valence-electron chi connectivity index (χ3n) is 7.18. The second-order valence-corrected chi connectivity index (χ2v) is 9.63. The Morgan fingerprint density at radius 2 is 1.88 bits per heavy atom. The standard InChI is InChI=1S/C26H30N6O/c1-6-26(4,5)32-24(28-29-30-32)23(31-14-13-18-9-7-8-10-21(18)31)20-15-19-16(2)11-12-17(3)22(19)27-25(20)33/h7-12,15,23H,6,13-14H2,1-5H3,(H,27,33). The molecule has 2 aromatic carbocycles. The summed E-state index contributed by atoms with van der Waals surface area (Å²) in [7, 11) is 0. The minimum absolute atomic E-state index is 0.102. The SMILES string of the molecule is CCC(C)(C)n1nnnc1C(c1cc2c(C)ccc(C)c2[nH]c1=O)N1CCc2ccccc21. The van der Waals surface area contributed by atoms with E-state index in [0.717, 1.165) is 47.1 Å². The number of anilines is 1. The van der Waals surface area contributed by atoms with E-state index in [-0.39, 0.29) is 11.1 Å². The maximum atomic E-state index is 13.6. The van der Waals surface area contributed by atoms with Crippen LogP contribution in [0.25, 0.3) is 10.9 Å². The molecule has 33 heavy (non-hydrogen) atoms. The number of hydrogen-bond donors (Lipinski definition) is 1. The summed E-state index contributed by atoms with van der Waals surface area (Å²) in [5.41, 5.74) is 5.75. The normalized spacial score (nSPS) is 14.6. The number of aryl methyl sites for hydroxylation is 2. The van der Waals surface area contributed by atoms with Gasteiger partial charge in [-0.15, -0.1) is 5.10 Å². The molecular weight excluding hydrogens is 412 g/mol. The summed E-state index contributed by atoms with van der Waals surface area (Å²) in [6.07, 6.45) is 1.79. The zero-order valence-corrected chi connectivity index (χ0v) is 19.9. The number of tetrazole rings is 1. The van der Waals surface area contributed by atoms with Crippen molar-refractivity contribution in [3.05, 3.63) is 80.9 Å². The van der Waals surface area contributed by atoms with Gasteiger partial charge in [0, 0.05) is 23.2 Å². The Hall–Kier alpha value is -3.48. The lowest BCUT2D eigenvalue weighted by atomic mass is 9.97. The van der Waals surface area contributed by atoms with Gasteiger partial charge in [-0.3, -0.25) is 4.79 Å². The lowest BCUT2D eigenvalue weighted by molar-refractivity contribution is 0.287. The van der Waals surface area contributed by atoms with Crippen LogP contribution in [0.15, 0.2) is 47.3 Å². The molecule has 1 unspecified atom stereocenters. The zero-order valence-electron chi connectivity index (χ0n) is 19.9. The van der Waals surface area contributed by atoms with Crippen molar-refractivity contribution in [1.82, 2.24) is 25.2 Å². The smallest absolute Gasteiger partial charge is 0.254 e. The number of H-pyrrole nitrogens is 1. The predicted octanol–water partition coefficient (Wildman–Crippen LogP) is 4.43. The van der Waals surface area contributed by atoms with Gasteiger partial charge in [-0.2, -0.15) is 0 Å². The molecule has 0 fully saturated rings. The van der Waals surface area contributed by atoms with Crippen LogP contribution in [0.1, 0.15) is 61.3 Å². The number of aromatic nitrogens is 5. The highest BCUT2D eigenvalue weighted by Gasteiger charge is 2.36. The Morgan fingerprint density at radius 3 is 2.67 bits per heavy atom. The third-order valence-corrected chi connectivity index (χ3v) is 7.18. The van der Waals surface area contributed by atoms with Crippen LogP contribution in [-0.2, 0) is 12.0 Å². The lowest BCUT2D eigenvalue weighted by Gasteiger charge is -2.32. The molecule has 7 heteroatoms. The zero-order chi connectivity index (χ0) is 23.3. The second-order valence-electron chi connectivity index (χ2n) is 9.63. The van der Waals surface area contributed by atoms with Crippen molar-refractivity contribution in [2.75, 3.05) is 11.4 Å². The Labute approximate surface area is 193 Å². The Kier molecular flexibility index (Phi) is 5.07. The predicted molar refractivity (Wildman–Crippen MR) is 131 cm³/mol. The van der Waals surface area contributed by atoms with E-state index in [1.807, 2.05) is 29.8 Å². The van der Waals surface area contributed by atoms with Gasteiger partial charge in [0.25, 0.3) is 5.56 Å². The number of nitrogens with one attached hydrogen (secondary N) is 1. The first kappa shape index (κ1) is 21.4. The van der Waals surface area contributed by atoms with Crippen molar-refractivity contribution in [3.63, 3.8) is 0 Å². The van der Waals surface area contributed by atoms with Crippen molar-refractivity contribution >= 4 is 16.6 Å². The Balaban J connectivity index is 1.79. The van der Waals surface area contributed by atoms with Gasteiger partial charge >= 0.3 is 0 Å². The largest absolute Gasteiger partial charge is 0.357 e. The first-order chi connectivity index (χ1) is 15.8. The summed E-state index contributed by atoms with van der Waals surface area (Å²) in [6.45, 7) is 11.3. The summed E-state index contributed by atoms with van der Waals surface area (Å²) in [6, 6.07) is 14.2. The number of rotatable bonds is 5. The molecule has 1 atom stereocenters. The summed E-state index contributed by atoms with van der Waals surface area (Å²) in [5.74, 6) is 0.689. The van der Waals surface area contributed by atoms with Crippen molar-refractivity contribution < 1.29 is 0 Å². The molecule has 170 valence electrons. The number of benzene rings is 2. The molecule has 1 N–H and O–H groups in total. The van der Waals surface area contributed by atoms with Crippen molar-refractivity contribution in [2.24, 2.45) is 0 Å². The molecular formula is C26H30N6O. The fourth-order valence-corrected chi connectivity index (χ4v) is 4.82. The molecule has 5 rings (SSSR count). The minimum Gasteiger partial charge on any atom is -0.357 e. The van der Waals surface area contributed by atoms with Crippen molar-refractivity contribution in [3.8, 4) is 0 Å². The number of nitrogens with zero attached hydrogens (tertiary/aromatic N) is 5. The third kappa shape index (κ3) is 3.43. The van der Waals surface area contributed by atoms with Crippen molar-refractivity contribution in [1.29, 1.82) is 0 Å². The Bertz CT molecular complexity index is 1400. The fourth-order valence-electron chi connectivity index (χ4n) is 4.82. The summed E-state index contributed by atoms with van der Waals surface area (Å²) in [4.78, 5) is 19.0. The number of fused-ring (bicyclic) bond motifs is 2. The number of aromatic amines is 1. The van der Waals surface area contributed by atoms with Gasteiger partial charge in [-0.05, 0) is 79.8 Å². The molecule has 0 aliphatic carbocycles. The van der Waals surface area contributed by atoms with E-state index in [0.29, 0.717) is 11.4 Å². The van der Waals surface area contributed by atoms with E-state index in [2.05, 4.69) is 77.4 Å². The highest BCUT2D eigenvalue weighted by molar-refractivity contribution is 5.85. The van der Waals surface area contributed by atoms with E-state index >= 15 is 0 Å². The highest BCUT2D eigenvalue weighted by atomic mass is 16.1. The monoisotopic (exact) mass is 442 g/mol. The molecule has 0 saturated heterocycles. The fraction of sp³-hybridized carbons (Fsp3) is 0.385. The van der Waals surface area contributed by atoms with E-state index in [9.17, 15) is 4.79 Å². The summed E-state index contributed by atoms with van der Waals surface area (Å²) in [5, 5.41) is 14.0. The highest BCUT2D eigenvalue weighted by Crippen LogP contribution is 2.38. The van der Waals surface area contributed by atoms with E-state index in [1.54, 1.807) is 0 Å². The van der Waals surface area contributed by atoms with Gasteiger partial charge < -0.3 is 9.88 Å². The Morgan fingerprint density at radius 1 is 1.12 bits per heavy atom. The first-order valence-corrected chi connectivity index (χ1v) is 11.6. The molecule has 1 aliphatic rings. The van der Waals surface area contributed by atoms with Crippen LogP contribution >= 0.6 is 0 Å². The lowest BCUT2D eigenvalue weighted by Crippen LogP contribution is -2.37. The van der Waals surface area contributed by atoms with Crippen LogP contribution in [0, 0.1) is 13.8 Å². The second kappa shape index (κ2) is 7.83. The molecule has 7 nitrogen and oxygen atoms in total. The van der Waals surface area contributed by atoms with Gasteiger partial charge in [0.1, 0.15) is 6.04 Å². The van der Waals surface area contributed by atoms with E-state index in [1.165, 1.54) is 5.56 Å². The molecule has 0 amide bonds. The minimum atomic E-state index is -0.400. The quantitative estimate of drug-likeness (QED) is 0.495. The van der Waals surface area contributed by atoms with Gasteiger partial charge in [0.2, 0.25) is 0 Å². The van der Waals surface area contributed by atoms with Crippen LogP contribution in [-0.4, -0.2) is 31.7 Å². The molecule has 2 aromatic heterocycles. The van der Waals surface area contributed by atoms with Crippen LogP contribution in [0.2, 0.25) is 0 Å². The summed E-state index contributed by atoms with van der Waals surface area (Å²) >= 11 is 0. The van der Waals surface area contributed by atoms with Crippen LogP contribution in [0.3, 0.4) is 0 Å². The van der Waals surface area contributed by atoms with Crippen LogP contribution in [0.5, 0.6) is 0 Å². The molecule has 0 radical (unpaired) electrons. The number of hydrogen-bond acceptors (Lipinski definition) is 5. The maximum absolute atomic E-state index is 13.6. The van der Waals surface area contributed by atoms with Crippen molar-refractivity contribution in [2.45, 2.75) is 59.0 Å². The van der Waals surface area contributed by atoms with Crippen LogP contribution in [0.4, 0.5) is 5.69 Å². The van der Waals surface area contributed by atoms with E-state index in [4.69, 9.17) is 0 Å². The number of para-hydroxylation sites is 1. The molecule has 3 heterocycles. The molecule has 4 aromatic rings. The molecule has 0 saturated carbocycles. The number of pyridine rings is 1. The molecule has 0 spiro atoms. The maximum Gasteiger partial charge on any atom is 0.254 e. The molecule has 0 bridgehead atoms. The average molecular weight is 443 g/mol. The van der Waals surface area contributed by atoms with Crippen LogP contribution < -0.4 is 10.5 Å².